The molecular weight excluding hydrogens is 242 g/mol. The van der Waals surface area contributed by atoms with Gasteiger partial charge < -0.3 is 15.0 Å². The molecule has 0 radical (unpaired) electrons. The number of ether oxygens (including phenoxy) is 1. The summed E-state index contributed by atoms with van der Waals surface area (Å²) in [5.74, 6) is 0.0186. The summed E-state index contributed by atoms with van der Waals surface area (Å²) in [5, 5.41) is 2.97. The van der Waals surface area contributed by atoms with E-state index >= 15 is 0 Å². The molecule has 0 saturated heterocycles. The van der Waals surface area contributed by atoms with Crippen LogP contribution in [0.1, 0.15) is 6.92 Å². The molecule has 1 atom stereocenters. The first kappa shape index (κ1) is 14.2. The van der Waals surface area contributed by atoms with Gasteiger partial charge in [0.15, 0.2) is 0 Å². The highest BCUT2D eigenvalue weighted by Gasteiger charge is 2.14. The number of hydrogen-bond donors (Lipinski definition) is 1. The average Bonchev–Trinajstić information content (AvgIpc) is 2.29. The van der Waals surface area contributed by atoms with Gasteiger partial charge >= 0.3 is 6.61 Å². The molecule has 18 heavy (non-hydrogen) atoms. The molecule has 1 amide bonds. The molecule has 0 bridgehead atoms. The lowest BCUT2D eigenvalue weighted by atomic mass is 10.2. The molecule has 100 valence electrons. The van der Waals surface area contributed by atoms with Gasteiger partial charge in [-0.25, -0.2) is 0 Å². The standard InChI is InChI=1S/C12H16F2N2O2/c1-8(11(17)16(2)3)15-9-4-6-10(7-5-9)18-12(13)14/h4-8,12,15H,1-3H3. The van der Waals surface area contributed by atoms with Gasteiger partial charge in [-0.3, -0.25) is 4.79 Å². The van der Waals surface area contributed by atoms with E-state index in [1.807, 2.05) is 0 Å². The number of likely N-dealkylation sites (N-methyl/N-ethyl adjacent to an activating group) is 1. The van der Waals surface area contributed by atoms with Gasteiger partial charge in [-0.05, 0) is 31.2 Å². The molecule has 0 aliphatic rings. The van der Waals surface area contributed by atoms with E-state index in [0.717, 1.165) is 0 Å². The van der Waals surface area contributed by atoms with E-state index in [2.05, 4.69) is 10.1 Å². The van der Waals surface area contributed by atoms with Gasteiger partial charge in [-0.1, -0.05) is 0 Å². The maximum atomic E-state index is 11.9. The van der Waals surface area contributed by atoms with Gasteiger partial charge in [0.25, 0.3) is 0 Å². The van der Waals surface area contributed by atoms with Crippen LogP contribution in [0.15, 0.2) is 24.3 Å². The van der Waals surface area contributed by atoms with Crippen LogP contribution in [0, 0.1) is 0 Å². The van der Waals surface area contributed by atoms with Crippen LogP contribution in [0.3, 0.4) is 0 Å². The van der Waals surface area contributed by atoms with Crippen LogP contribution in [0.5, 0.6) is 5.75 Å². The predicted octanol–water partition coefficient (Wildman–Crippen LogP) is 2.18. The summed E-state index contributed by atoms with van der Waals surface area (Å²) < 4.78 is 28.1. The zero-order valence-corrected chi connectivity index (χ0v) is 10.5. The van der Waals surface area contributed by atoms with Crippen LogP contribution in [0.25, 0.3) is 0 Å². The molecule has 6 heteroatoms. The summed E-state index contributed by atoms with van der Waals surface area (Å²) in [7, 11) is 3.33. The lowest BCUT2D eigenvalue weighted by Crippen LogP contribution is -2.36. The van der Waals surface area contributed by atoms with Crippen molar-refractivity contribution in [2.45, 2.75) is 19.6 Å². The summed E-state index contributed by atoms with van der Waals surface area (Å²) in [6, 6.07) is 5.61. The minimum Gasteiger partial charge on any atom is -0.435 e. The topological polar surface area (TPSA) is 41.6 Å². The fourth-order valence-corrected chi connectivity index (χ4v) is 1.43. The normalized spacial score (nSPS) is 12.1. The van der Waals surface area contributed by atoms with Crippen LogP contribution < -0.4 is 10.1 Å². The monoisotopic (exact) mass is 258 g/mol. The molecule has 4 nitrogen and oxygen atoms in total. The lowest BCUT2D eigenvalue weighted by molar-refractivity contribution is -0.129. The number of rotatable bonds is 5. The Bertz CT molecular complexity index is 394. The second kappa shape index (κ2) is 6.18. The summed E-state index contributed by atoms with van der Waals surface area (Å²) >= 11 is 0. The second-order valence-corrected chi connectivity index (χ2v) is 4.00. The summed E-state index contributed by atoms with van der Waals surface area (Å²) in [4.78, 5) is 13.1. The third-order valence-corrected chi connectivity index (χ3v) is 2.27. The second-order valence-electron chi connectivity index (χ2n) is 4.00. The number of carbonyl (C=O) groups excluding carboxylic acids is 1. The molecule has 0 aliphatic carbocycles. The van der Waals surface area contributed by atoms with Crippen molar-refractivity contribution < 1.29 is 18.3 Å². The van der Waals surface area contributed by atoms with Crippen LogP contribution in [0.4, 0.5) is 14.5 Å². The Kier molecular flexibility index (Phi) is 4.88. The minimum absolute atomic E-state index is 0.0668. The van der Waals surface area contributed by atoms with E-state index in [1.165, 1.54) is 17.0 Å². The fourth-order valence-electron chi connectivity index (χ4n) is 1.43. The molecule has 0 aliphatic heterocycles. The van der Waals surface area contributed by atoms with E-state index < -0.39 is 6.61 Å². The first-order chi connectivity index (χ1) is 8.40. The van der Waals surface area contributed by atoms with Crippen LogP contribution >= 0.6 is 0 Å². The Labute approximate surface area is 105 Å². The van der Waals surface area contributed by atoms with E-state index in [-0.39, 0.29) is 17.7 Å². The smallest absolute Gasteiger partial charge is 0.387 e. The largest absolute Gasteiger partial charge is 0.435 e. The SMILES string of the molecule is CC(Nc1ccc(OC(F)F)cc1)C(=O)N(C)C. The highest BCUT2D eigenvalue weighted by atomic mass is 19.3. The van der Waals surface area contributed by atoms with Gasteiger partial charge in [0.2, 0.25) is 5.91 Å². The summed E-state index contributed by atoms with van der Waals surface area (Å²) in [5.41, 5.74) is 0.666. The van der Waals surface area contributed by atoms with Gasteiger partial charge in [-0.15, -0.1) is 0 Å². The zero-order chi connectivity index (χ0) is 13.7. The molecule has 1 unspecified atom stereocenters. The number of benzene rings is 1. The van der Waals surface area contributed by atoms with Crippen LogP contribution in [-0.4, -0.2) is 37.6 Å². The third-order valence-electron chi connectivity index (χ3n) is 2.27. The minimum atomic E-state index is -2.84. The van der Waals surface area contributed by atoms with E-state index in [4.69, 9.17) is 0 Å². The Morgan fingerprint density at radius 3 is 2.28 bits per heavy atom. The molecule has 0 heterocycles. The molecule has 1 rings (SSSR count). The van der Waals surface area contributed by atoms with Crippen molar-refractivity contribution in [1.82, 2.24) is 4.90 Å². The van der Waals surface area contributed by atoms with Gasteiger partial charge in [-0.2, -0.15) is 8.78 Å². The van der Waals surface area contributed by atoms with E-state index in [0.29, 0.717) is 5.69 Å². The third kappa shape index (κ3) is 4.20. The molecule has 1 aromatic rings. The average molecular weight is 258 g/mol. The number of amides is 1. The lowest BCUT2D eigenvalue weighted by Gasteiger charge is -2.19. The van der Waals surface area contributed by atoms with Gasteiger partial charge in [0.1, 0.15) is 11.8 Å². The number of anilines is 1. The van der Waals surface area contributed by atoms with Crippen molar-refractivity contribution in [3.63, 3.8) is 0 Å². The molecule has 0 spiro atoms. The Hall–Kier alpha value is -1.85. The zero-order valence-electron chi connectivity index (χ0n) is 10.5. The summed E-state index contributed by atoms with van der Waals surface area (Å²) in [6.07, 6.45) is 0. The van der Waals surface area contributed by atoms with Crippen LogP contribution in [0.2, 0.25) is 0 Å². The Balaban J connectivity index is 2.61. The van der Waals surface area contributed by atoms with Gasteiger partial charge in [0.05, 0.1) is 0 Å². The van der Waals surface area contributed by atoms with E-state index in [9.17, 15) is 13.6 Å². The first-order valence-electron chi connectivity index (χ1n) is 5.42. The number of nitrogens with zero attached hydrogens (tertiary/aromatic N) is 1. The Morgan fingerprint density at radius 1 is 1.28 bits per heavy atom. The number of carbonyl (C=O) groups is 1. The van der Waals surface area contributed by atoms with Crippen molar-refractivity contribution >= 4 is 11.6 Å². The number of alkyl halides is 2. The Morgan fingerprint density at radius 2 is 1.83 bits per heavy atom. The summed E-state index contributed by atoms with van der Waals surface area (Å²) in [6.45, 7) is -1.11. The fraction of sp³-hybridized carbons (Fsp3) is 0.417. The quantitative estimate of drug-likeness (QED) is 0.880. The molecule has 0 saturated carbocycles. The maximum Gasteiger partial charge on any atom is 0.387 e. The number of halogens is 2. The van der Waals surface area contributed by atoms with Crippen molar-refractivity contribution in [1.29, 1.82) is 0 Å². The molecule has 0 fully saturated rings. The van der Waals surface area contributed by atoms with Crippen molar-refractivity contribution in [3.05, 3.63) is 24.3 Å². The molecule has 1 aromatic carbocycles. The number of hydrogen-bond acceptors (Lipinski definition) is 3. The van der Waals surface area contributed by atoms with E-state index in [1.54, 1.807) is 33.2 Å². The molecule has 0 aromatic heterocycles. The maximum absolute atomic E-state index is 11.9. The first-order valence-corrected chi connectivity index (χ1v) is 5.42. The van der Waals surface area contributed by atoms with Crippen molar-refractivity contribution in [3.8, 4) is 5.75 Å². The van der Waals surface area contributed by atoms with Gasteiger partial charge in [0, 0.05) is 19.8 Å². The predicted molar refractivity (Wildman–Crippen MR) is 64.9 cm³/mol. The highest BCUT2D eigenvalue weighted by Crippen LogP contribution is 2.18. The highest BCUT2D eigenvalue weighted by molar-refractivity contribution is 5.83. The van der Waals surface area contributed by atoms with Crippen molar-refractivity contribution in [2.24, 2.45) is 0 Å². The molecule has 1 N–H and O–H groups in total. The number of nitrogens with one attached hydrogen (secondary N) is 1. The van der Waals surface area contributed by atoms with Crippen molar-refractivity contribution in [2.75, 3.05) is 19.4 Å². The van der Waals surface area contributed by atoms with Crippen LogP contribution in [-0.2, 0) is 4.79 Å². The molecular formula is C12H16F2N2O2.